The van der Waals surface area contributed by atoms with Gasteiger partial charge >= 0.3 is 0 Å². The molecule has 1 atom stereocenters. The summed E-state index contributed by atoms with van der Waals surface area (Å²) in [5, 5.41) is 0. The van der Waals surface area contributed by atoms with Gasteiger partial charge in [-0.3, -0.25) is 9.69 Å². The normalized spacial score (nSPS) is 21.0. The zero-order valence-corrected chi connectivity index (χ0v) is 16.8. The van der Waals surface area contributed by atoms with Crippen LogP contribution in [0.25, 0.3) is 0 Å². The van der Waals surface area contributed by atoms with Crippen LogP contribution in [0.4, 0.5) is 5.82 Å². The van der Waals surface area contributed by atoms with Gasteiger partial charge in [-0.05, 0) is 49.9 Å². The molecule has 2 fully saturated rings. The van der Waals surface area contributed by atoms with Crippen LogP contribution >= 0.6 is 0 Å². The Kier molecular flexibility index (Phi) is 5.91. The number of nitrogens with zero attached hydrogens (tertiary/aromatic N) is 4. The van der Waals surface area contributed by atoms with Crippen molar-refractivity contribution in [2.75, 3.05) is 50.7 Å². The molecular weight excluding hydrogens is 348 g/mol. The number of carbonyl (C=O) groups excluding carboxylic acids is 1. The van der Waals surface area contributed by atoms with Crippen LogP contribution in [-0.2, 0) is 0 Å². The molecule has 28 heavy (non-hydrogen) atoms. The zero-order chi connectivity index (χ0) is 19.3. The maximum absolute atomic E-state index is 12.9. The highest BCUT2D eigenvalue weighted by atomic mass is 16.2. The summed E-state index contributed by atoms with van der Waals surface area (Å²) >= 11 is 0. The lowest BCUT2D eigenvalue weighted by atomic mass is 9.96. The third-order valence-electron chi connectivity index (χ3n) is 5.93. The molecule has 4 rings (SSSR count). The zero-order valence-electron chi connectivity index (χ0n) is 16.8. The highest BCUT2D eigenvalue weighted by Gasteiger charge is 2.27. The van der Waals surface area contributed by atoms with Crippen molar-refractivity contribution in [2.24, 2.45) is 5.92 Å². The van der Waals surface area contributed by atoms with E-state index in [4.69, 9.17) is 0 Å². The molecule has 0 bridgehead atoms. The fourth-order valence-electron chi connectivity index (χ4n) is 4.42. The Hall–Kier alpha value is -2.40. The van der Waals surface area contributed by atoms with Crippen LogP contribution in [0.1, 0.15) is 28.8 Å². The van der Waals surface area contributed by atoms with Gasteiger partial charge in [0.2, 0.25) is 0 Å². The van der Waals surface area contributed by atoms with Crippen LogP contribution in [0.3, 0.4) is 0 Å². The molecule has 5 nitrogen and oxygen atoms in total. The molecule has 1 aromatic carbocycles. The van der Waals surface area contributed by atoms with E-state index in [0.29, 0.717) is 5.92 Å². The van der Waals surface area contributed by atoms with Gasteiger partial charge in [-0.2, -0.15) is 0 Å². The van der Waals surface area contributed by atoms with Gasteiger partial charge in [0, 0.05) is 57.6 Å². The minimum atomic E-state index is 0.188. The fraction of sp³-hybridized carbons (Fsp3) is 0.478. The Labute approximate surface area is 168 Å². The van der Waals surface area contributed by atoms with Crippen molar-refractivity contribution in [2.45, 2.75) is 19.8 Å². The van der Waals surface area contributed by atoms with Gasteiger partial charge in [-0.25, -0.2) is 4.98 Å². The Balaban J connectivity index is 1.29. The number of piperazine rings is 1. The van der Waals surface area contributed by atoms with Gasteiger partial charge in [0.1, 0.15) is 5.82 Å². The van der Waals surface area contributed by atoms with Crippen molar-refractivity contribution in [1.82, 2.24) is 14.8 Å². The van der Waals surface area contributed by atoms with E-state index in [1.165, 1.54) is 6.42 Å². The quantitative estimate of drug-likeness (QED) is 0.820. The second-order valence-electron chi connectivity index (χ2n) is 8.10. The Morgan fingerprint density at radius 2 is 1.93 bits per heavy atom. The maximum atomic E-state index is 12.9. The maximum Gasteiger partial charge on any atom is 0.253 e. The summed E-state index contributed by atoms with van der Waals surface area (Å²) in [5.74, 6) is 1.84. The Bertz CT molecular complexity index is 786. The molecule has 2 saturated heterocycles. The van der Waals surface area contributed by atoms with Crippen LogP contribution in [0.15, 0.2) is 48.7 Å². The molecule has 2 aromatic rings. The number of aryl methyl sites for hydroxylation is 1. The summed E-state index contributed by atoms with van der Waals surface area (Å²) in [5.41, 5.74) is 1.97. The van der Waals surface area contributed by atoms with Gasteiger partial charge in [-0.1, -0.05) is 23.8 Å². The number of hydrogen-bond acceptors (Lipinski definition) is 4. The SMILES string of the molecule is Cc1cccc(C(=O)N2CCCC(CN3CCN(c4ccccn4)CC3)C2)c1. The van der Waals surface area contributed by atoms with Crippen LogP contribution in [0, 0.1) is 12.8 Å². The number of benzene rings is 1. The van der Waals surface area contributed by atoms with Crippen molar-refractivity contribution < 1.29 is 4.79 Å². The van der Waals surface area contributed by atoms with Gasteiger partial charge in [0.15, 0.2) is 0 Å². The molecule has 148 valence electrons. The minimum absolute atomic E-state index is 0.188. The second kappa shape index (κ2) is 8.74. The second-order valence-corrected chi connectivity index (χ2v) is 8.10. The Morgan fingerprint density at radius 1 is 1.07 bits per heavy atom. The molecule has 0 spiro atoms. The smallest absolute Gasteiger partial charge is 0.253 e. The average Bonchev–Trinajstić information content (AvgIpc) is 2.75. The lowest BCUT2D eigenvalue weighted by Crippen LogP contribution is -2.50. The van der Waals surface area contributed by atoms with E-state index in [1.807, 2.05) is 43.5 Å². The largest absolute Gasteiger partial charge is 0.354 e. The number of piperidine rings is 1. The topological polar surface area (TPSA) is 39.7 Å². The highest BCUT2D eigenvalue weighted by molar-refractivity contribution is 5.94. The van der Waals surface area contributed by atoms with Crippen LogP contribution in [0.5, 0.6) is 0 Å². The van der Waals surface area contributed by atoms with Gasteiger partial charge in [-0.15, -0.1) is 0 Å². The molecule has 0 N–H and O–H groups in total. The monoisotopic (exact) mass is 378 g/mol. The molecule has 0 aliphatic carbocycles. The van der Waals surface area contributed by atoms with E-state index in [2.05, 4.69) is 31.8 Å². The molecule has 3 heterocycles. The summed E-state index contributed by atoms with van der Waals surface area (Å²) < 4.78 is 0. The predicted molar refractivity (Wildman–Crippen MR) is 113 cm³/mol. The molecule has 1 aromatic heterocycles. The summed E-state index contributed by atoms with van der Waals surface area (Å²) in [6.07, 6.45) is 4.19. The minimum Gasteiger partial charge on any atom is -0.354 e. The van der Waals surface area contributed by atoms with Crippen molar-refractivity contribution in [1.29, 1.82) is 0 Å². The third-order valence-corrected chi connectivity index (χ3v) is 5.93. The van der Waals surface area contributed by atoms with Gasteiger partial charge < -0.3 is 9.80 Å². The van der Waals surface area contributed by atoms with Crippen LogP contribution < -0.4 is 4.90 Å². The fourth-order valence-corrected chi connectivity index (χ4v) is 4.42. The van der Waals surface area contributed by atoms with E-state index in [0.717, 1.165) is 69.2 Å². The van der Waals surface area contributed by atoms with Crippen molar-refractivity contribution in [3.63, 3.8) is 0 Å². The molecule has 5 heteroatoms. The lowest BCUT2D eigenvalue weighted by molar-refractivity contribution is 0.0637. The number of aromatic nitrogens is 1. The summed E-state index contributed by atoms with van der Waals surface area (Å²) in [6, 6.07) is 14.1. The number of likely N-dealkylation sites (tertiary alicyclic amines) is 1. The van der Waals surface area contributed by atoms with E-state index in [-0.39, 0.29) is 5.91 Å². The predicted octanol–water partition coefficient (Wildman–Crippen LogP) is 3.06. The average molecular weight is 379 g/mol. The molecule has 2 aliphatic rings. The van der Waals surface area contributed by atoms with E-state index < -0.39 is 0 Å². The first-order valence-corrected chi connectivity index (χ1v) is 10.4. The number of pyridine rings is 1. The third kappa shape index (κ3) is 4.53. The van der Waals surface area contributed by atoms with E-state index in [9.17, 15) is 4.79 Å². The van der Waals surface area contributed by atoms with E-state index in [1.54, 1.807) is 0 Å². The van der Waals surface area contributed by atoms with Crippen molar-refractivity contribution in [3.8, 4) is 0 Å². The van der Waals surface area contributed by atoms with Gasteiger partial charge in [0.05, 0.1) is 0 Å². The summed E-state index contributed by atoms with van der Waals surface area (Å²) in [4.78, 5) is 24.3. The number of hydrogen-bond donors (Lipinski definition) is 0. The first kappa shape index (κ1) is 18.9. The number of anilines is 1. The molecule has 1 amide bonds. The lowest BCUT2D eigenvalue weighted by Gasteiger charge is -2.39. The van der Waals surface area contributed by atoms with E-state index >= 15 is 0 Å². The standard InChI is InChI=1S/C23H30N4O/c1-19-6-4-8-21(16-19)23(28)27-11-5-7-20(18-27)17-25-12-14-26(15-13-25)22-9-2-3-10-24-22/h2-4,6,8-10,16,20H,5,7,11-15,17-18H2,1H3. The molecule has 2 aliphatic heterocycles. The first-order chi connectivity index (χ1) is 13.7. The molecule has 0 saturated carbocycles. The number of carbonyl (C=O) groups is 1. The van der Waals surface area contributed by atoms with Crippen molar-refractivity contribution >= 4 is 11.7 Å². The van der Waals surface area contributed by atoms with Crippen LogP contribution in [0.2, 0.25) is 0 Å². The summed E-state index contributed by atoms with van der Waals surface area (Å²) in [6.45, 7) is 9.08. The number of amides is 1. The first-order valence-electron chi connectivity index (χ1n) is 10.4. The van der Waals surface area contributed by atoms with Crippen LogP contribution in [-0.4, -0.2) is 66.5 Å². The molecular formula is C23H30N4O. The van der Waals surface area contributed by atoms with Gasteiger partial charge in [0.25, 0.3) is 5.91 Å². The van der Waals surface area contributed by atoms with Crippen molar-refractivity contribution in [3.05, 3.63) is 59.8 Å². The number of rotatable bonds is 4. The Morgan fingerprint density at radius 3 is 2.68 bits per heavy atom. The highest BCUT2D eigenvalue weighted by Crippen LogP contribution is 2.21. The molecule has 1 unspecified atom stereocenters. The summed E-state index contributed by atoms with van der Waals surface area (Å²) in [7, 11) is 0. The molecule has 0 radical (unpaired) electrons.